The lowest BCUT2D eigenvalue weighted by Crippen LogP contribution is -2.32. The lowest BCUT2D eigenvalue weighted by atomic mass is 9.94. The summed E-state index contributed by atoms with van der Waals surface area (Å²) in [6.45, 7) is 4.49. The minimum Gasteiger partial charge on any atom is -0.457 e. The van der Waals surface area contributed by atoms with Crippen molar-refractivity contribution in [3.8, 4) is 11.5 Å². The van der Waals surface area contributed by atoms with Gasteiger partial charge in [-0.15, -0.1) is 0 Å². The Hall–Kier alpha value is -1.80. The summed E-state index contributed by atoms with van der Waals surface area (Å²) >= 11 is 0. The van der Waals surface area contributed by atoms with Gasteiger partial charge < -0.3 is 9.47 Å². The van der Waals surface area contributed by atoms with E-state index in [-0.39, 0.29) is 5.60 Å². The van der Waals surface area contributed by atoms with Gasteiger partial charge in [0.15, 0.2) is 0 Å². The van der Waals surface area contributed by atoms with Crippen molar-refractivity contribution in [3.63, 3.8) is 0 Å². The van der Waals surface area contributed by atoms with Crippen LogP contribution in [0.2, 0.25) is 0 Å². The zero-order valence-corrected chi connectivity index (χ0v) is 16.2. The molecule has 1 saturated carbocycles. The maximum Gasteiger partial charge on any atom is 0.127 e. The minimum absolute atomic E-state index is 0.0276. The van der Waals surface area contributed by atoms with Crippen molar-refractivity contribution in [2.45, 2.75) is 76.9 Å². The topological polar surface area (TPSA) is 18.5 Å². The molecule has 2 heteroatoms. The molecule has 0 aliphatic heterocycles. The van der Waals surface area contributed by atoms with Crippen molar-refractivity contribution >= 4 is 0 Å². The fraction of sp³-hybridized carbons (Fsp3) is 0.500. The maximum atomic E-state index is 6.39. The molecule has 0 N–H and O–H groups in total. The molecular formula is C24H32O2. The molecule has 140 valence electrons. The van der Waals surface area contributed by atoms with Crippen molar-refractivity contribution in [1.82, 2.24) is 0 Å². The van der Waals surface area contributed by atoms with Gasteiger partial charge in [-0.3, -0.25) is 0 Å². The number of hydrogen-bond donors (Lipinski definition) is 0. The van der Waals surface area contributed by atoms with E-state index in [0.29, 0.717) is 6.10 Å². The Labute approximate surface area is 158 Å². The minimum atomic E-state index is -0.0276. The van der Waals surface area contributed by atoms with Gasteiger partial charge in [0, 0.05) is 0 Å². The standard InChI is InChI=1S/C24H32O2/c1-24(2,26-22-15-7-4-8-16-22)18-10-12-20-11-9-17-23(19-20)25-21-13-5-3-6-14-21/h3,5-6,9,11,13-14,17,19,22H,4,7-8,10,12,15-16,18H2,1-2H3. The van der Waals surface area contributed by atoms with E-state index in [0.717, 1.165) is 30.8 Å². The zero-order valence-electron chi connectivity index (χ0n) is 16.2. The van der Waals surface area contributed by atoms with Gasteiger partial charge in [-0.1, -0.05) is 49.6 Å². The van der Waals surface area contributed by atoms with Gasteiger partial charge in [-0.05, 0) is 75.8 Å². The van der Waals surface area contributed by atoms with Crippen LogP contribution in [0, 0.1) is 0 Å². The number of rotatable bonds is 8. The highest BCUT2D eigenvalue weighted by Gasteiger charge is 2.24. The van der Waals surface area contributed by atoms with Gasteiger partial charge in [0.05, 0.1) is 11.7 Å². The molecule has 2 aromatic carbocycles. The van der Waals surface area contributed by atoms with Gasteiger partial charge in [0.25, 0.3) is 0 Å². The first-order valence-electron chi connectivity index (χ1n) is 10.1. The van der Waals surface area contributed by atoms with Crippen molar-refractivity contribution in [3.05, 3.63) is 60.2 Å². The van der Waals surface area contributed by atoms with E-state index < -0.39 is 0 Å². The summed E-state index contributed by atoms with van der Waals surface area (Å²) < 4.78 is 12.3. The Morgan fingerprint density at radius 3 is 2.38 bits per heavy atom. The van der Waals surface area contributed by atoms with Gasteiger partial charge in [-0.2, -0.15) is 0 Å². The van der Waals surface area contributed by atoms with Gasteiger partial charge in [0.2, 0.25) is 0 Å². The Kier molecular flexibility index (Phi) is 6.73. The molecule has 2 aromatic rings. The lowest BCUT2D eigenvalue weighted by molar-refractivity contribution is -0.0890. The molecule has 0 aromatic heterocycles. The molecule has 1 aliphatic carbocycles. The van der Waals surface area contributed by atoms with E-state index in [1.54, 1.807) is 0 Å². The molecule has 26 heavy (non-hydrogen) atoms. The van der Waals surface area contributed by atoms with Crippen LogP contribution in [0.25, 0.3) is 0 Å². The third kappa shape index (κ3) is 6.17. The number of para-hydroxylation sites is 1. The summed E-state index contributed by atoms with van der Waals surface area (Å²) in [5.41, 5.74) is 1.30. The van der Waals surface area contributed by atoms with Crippen LogP contribution >= 0.6 is 0 Å². The average Bonchev–Trinajstić information content (AvgIpc) is 2.63. The van der Waals surface area contributed by atoms with Crippen LogP contribution in [0.5, 0.6) is 11.5 Å². The van der Waals surface area contributed by atoms with Crippen molar-refractivity contribution in [2.75, 3.05) is 0 Å². The van der Waals surface area contributed by atoms with Crippen molar-refractivity contribution < 1.29 is 9.47 Å². The summed E-state index contributed by atoms with van der Waals surface area (Å²) in [4.78, 5) is 0. The van der Waals surface area contributed by atoms with Gasteiger partial charge >= 0.3 is 0 Å². The molecular weight excluding hydrogens is 320 g/mol. The fourth-order valence-electron chi connectivity index (χ4n) is 3.80. The van der Waals surface area contributed by atoms with Gasteiger partial charge in [0.1, 0.15) is 11.5 Å². The average molecular weight is 353 g/mol. The van der Waals surface area contributed by atoms with E-state index in [1.165, 1.54) is 37.7 Å². The SMILES string of the molecule is CC(C)(CCCc1cccc(Oc2ccccc2)c1)OC1CCCCC1. The molecule has 1 fully saturated rings. The normalized spacial score (nSPS) is 15.8. The molecule has 0 atom stereocenters. The van der Waals surface area contributed by atoms with E-state index in [9.17, 15) is 0 Å². The summed E-state index contributed by atoms with van der Waals surface area (Å²) in [6.07, 6.45) is 10.3. The second kappa shape index (κ2) is 9.23. The van der Waals surface area contributed by atoms with E-state index in [1.807, 2.05) is 36.4 Å². The summed E-state index contributed by atoms with van der Waals surface area (Å²) in [6, 6.07) is 18.4. The van der Waals surface area contributed by atoms with Crippen molar-refractivity contribution in [1.29, 1.82) is 0 Å². The zero-order chi connectivity index (χ0) is 18.2. The molecule has 2 nitrogen and oxygen atoms in total. The predicted octanol–water partition coefficient (Wildman–Crippen LogP) is 6.93. The highest BCUT2D eigenvalue weighted by molar-refractivity contribution is 5.33. The Morgan fingerprint density at radius 1 is 0.885 bits per heavy atom. The Balaban J connectivity index is 1.47. The first-order chi connectivity index (χ1) is 12.6. The smallest absolute Gasteiger partial charge is 0.127 e. The molecule has 0 saturated heterocycles. The summed E-state index contributed by atoms with van der Waals surface area (Å²) in [5, 5.41) is 0. The van der Waals surface area contributed by atoms with Crippen molar-refractivity contribution in [2.24, 2.45) is 0 Å². The quantitative estimate of drug-likeness (QED) is 0.513. The molecule has 3 rings (SSSR count). The molecule has 0 bridgehead atoms. The summed E-state index contributed by atoms with van der Waals surface area (Å²) in [7, 11) is 0. The number of benzene rings is 2. The Bertz CT molecular complexity index is 657. The molecule has 0 unspecified atom stereocenters. The monoisotopic (exact) mass is 352 g/mol. The maximum absolute atomic E-state index is 6.39. The van der Waals surface area contributed by atoms with E-state index in [4.69, 9.17) is 9.47 Å². The second-order valence-corrected chi connectivity index (χ2v) is 8.05. The van der Waals surface area contributed by atoms with Crippen LogP contribution in [-0.4, -0.2) is 11.7 Å². The Morgan fingerprint density at radius 2 is 1.62 bits per heavy atom. The van der Waals surface area contributed by atoms with Crippen LogP contribution in [0.1, 0.15) is 64.4 Å². The predicted molar refractivity (Wildman–Crippen MR) is 108 cm³/mol. The van der Waals surface area contributed by atoms with Crippen LogP contribution < -0.4 is 4.74 Å². The molecule has 0 heterocycles. The third-order valence-corrected chi connectivity index (χ3v) is 5.16. The van der Waals surface area contributed by atoms with E-state index in [2.05, 4.69) is 32.0 Å². The van der Waals surface area contributed by atoms with Crippen LogP contribution in [0.4, 0.5) is 0 Å². The number of aryl methyl sites for hydroxylation is 1. The molecule has 0 radical (unpaired) electrons. The molecule has 1 aliphatic rings. The highest BCUT2D eigenvalue weighted by Crippen LogP contribution is 2.28. The number of hydrogen-bond acceptors (Lipinski definition) is 2. The lowest BCUT2D eigenvalue weighted by Gasteiger charge is -2.33. The third-order valence-electron chi connectivity index (χ3n) is 5.16. The van der Waals surface area contributed by atoms with Crippen LogP contribution in [0.3, 0.4) is 0 Å². The first-order valence-corrected chi connectivity index (χ1v) is 10.1. The largest absolute Gasteiger partial charge is 0.457 e. The summed E-state index contributed by atoms with van der Waals surface area (Å²) in [5.74, 6) is 1.79. The molecule has 0 amide bonds. The molecule has 0 spiro atoms. The van der Waals surface area contributed by atoms with Crippen LogP contribution in [-0.2, 0) is 11.2 Å². The number of ether oxygens (including phenoxy) is 2. The highest BCUT2D eigenvalue weighted by atomic mass is 16.5. The fourth-order valence-corrected chi connectivity index (χ4v) is 3.80. The second-order valence-electron chi connectivity index (χ2n) is 8.05. The van der Waals surface area contributed by atoms with Crippen LogP contribution in [0.15, 0.2) is 54.6 Å². The van der Waals surface area contributed by atoms with Gasteiger partial charge in [-0.25, -0.2) is 0 Å². The first kappa shape index (κ1) is 19.0. The van der Waals surface area contributed by atoms with E-state index >= 15 is 0 Å².